The molecule has 1 saturated carbocycles. The first-order chi connectivity index (χ1) is 7.79. The van der Waals surface area contributed by atoms with Crippen LogP contribution in [0, 0.1) is 5.92 Å². The summed E-state index contributed by atoms with van der Waals surface area (Å²) in [6.07, 6.45) is 6.82. The summed E-state index contributed by atoms with van der Waals surface area (Å²) in [4.78, 5) is 4.38. The molecule has 0 aromatic carbocycles. The molecule has 0 radical (unpaired) electrons. The average molecular weight is 223 g/mol. The van der Waals surface area contributed by atoms with Crippen molar-refractivity contribution in [3.8, 4) is 0 Å². The Morgan fingerprint density at radius 1 is 1.50 bits per heavy atom. The Bertz CT molecular complexity index is 273. The van der Waals surface area contributed by atoms with E-state index in [9.17, 15) is 0 Å². The van der Waals surface area contributed by atoms with Crippen LogP contribution < -0.4 is 11.1 Å². The van der Waals surface area contributed by atoms with Gasteiger partial charge in [0.25, 0.3) is 0 Å². The summed E-state index contributed by atoms with van der Waals surface area (Å²) in [6, 6.07) is 0.554. The second kappa shape index (κ2) is 5.34. The van der Waals surface area contributed by atoms with Crippen molar-refractivity contribution < 1.29 is 4.74 Å². The first kappa shape index (κ1) is 11.5. The van der Waals surface area contributed by atoms with Crippen molar-refractivity contribution in [1.29, 1.82) is 0 Å². The van der Waals surface area contributed by atoms with Crippen LogP contribution in [0.15, 0.2) is 17.6 Å². The fourth-order valence-electron chi connectivity index (χ4n) is 2.13. The number of hydrogen-bond donors (Lipinski definition) is 2. The molecule has 1 saturated heterocycles. The Kier molecular flexibility index (Phi) is 3.83. The van der Waals surface area contributed by atoms with Crippen molar-refractivity contribution in [3.05, 3.63) is 12.7 Å². The fraction of sp³-hybridized carbons (Fsp3) is 0.750. The number of nitrogens with one attached hydrogen (secondary N) is 1. The van der Waals surface area contributed by atoms with Gasteiger partial charge in [0.1, 0.15) is 0 Å². The van der Waals surface area contributed by atoms with E-state index >= 15 is 0 Å². The maximum atomic E-state index is 5.82. The second-order valence-corrected chi connectivity index (χ2v) is 4.62. The number of guanidine groups is 1. The van der Waals surface area contributed by atoms with Crippen LogP contribution in [-0.2, 0) is 4.74 Å². The second-order valence-electron chi connectivity index (χ2n) is 4.62. The number of nitrogens with zero attached hydrogens (tertiary/aromatic N) is 1. The molecule has 0 bridgehead atoms. The molecule has 4 heteroatoms. The molecular weight excluding hydrogens is 202 g/mol. The fourth-order valence-corrected chi connectivity index (χ4v) is 2.13. The lowest BCUT2D eigenvalue weighted by Gasteiger charge is -2.26. The number of hydrogen-bond acceptors (Lipinski definition) is 2. The molecule has 2 rings (SSSR count). The van der Waals surface area contributed by atoms with Crippen LogP contribution in [0.3, 0.4) is 0 Å². The third-order valence-electron chi connectivity index (χ3n) is 3.45. The van der Waals surface area contributed by atoms with Crippen molar-refractivity contribution >= 4 is 5.96 Å². The highest BCUT2D eigenvalue weighted by Gasteiger charge is 2.25. The standard InChI is InChI=1S/C12H21N3O/c1-2-11-9(6-7-16-11)8-14-12(13)15-10-4-3-5-10/h2,9-11H,1,3-8H2,(H3,13,14,15)/t9-,11-/m0/s1. The molecule has 90 valence electrons. The van der Waals surface area contributed by atoms with Crippen molar-refractivity contribution in [1.82, 2.24) is 5.32 Å². The van der Waals surface area contributed by atoms with Gasteiger partial charge in [-0.25, -0.2) is 0 Å². The van der Waals surface area contributed by atoms with Crippen LogP contribution in [0.2, 0.25) is 0 Å². The molecule has 1 heterocycles. The molecule has 0 spiro atoms. The lowest BCUT2D eigenvalue weighted by molar-refractivity contribution is 0.129. The number of aliphatic imine (C=N–C) groups is 1. The average Bonchev–Trinajstić information content (AvgIpc) is 2.68. The maximum absolute atomic E-state index is 5.82. The number of rotatable bonds is 4. The van der Waals surface area contributed by atoms with Gasteiger partial charge in [-0.2, -0.15) is 0 Å². The molecule has 2 atom stereocenters. The van der Waals surface area contributed by atoms with Crippen molar-refractivity contribution in [3.63, 3.8) is 0 Å². The van der Waals surface area contributed by atoms with Gasteiger partial charge in [-0.15, -0.1) is 6.58 Å². The van der Waals surface area contributed by atoms with E-state index in [2.05, 4.69) is 16.9 Å². The van der Waals surface area contributed by atoms with Crippen molar-refractivity contribution in [2.45, 2.75) is 37.8 Å². The van der Waals surface area contributed by atoms with E-state index in [0.29, 0.717) is 17.9 Å². The summed E-state index contributed by atoms with van der Waals surface area (Å²) in [5.41, 5.74) is 5.82. The molecule has 0 unspecified atom stereocenters. The summed E-state index contributed by atoms with van der Waals surface area (Å²) in [7, 11) is 0. The minimum absolute atomic E-state index is 0.153. The minimum Gasteiger partial charge on any atom is -0.374 e. The van der Waals surface area contributed by atoms with Gasteiger partial charge < -0.3 is 15.8 Å². The quantitative estimate of drug-likeness (QED) is 0.425. The summed E-state index contributed by atoms with van der Waals surface area (Å²) in [5, 5.41) is 3.23. The highest BCUT2D eigenvalue weighted by Crippen LogP contribution is 2.22. The van der Waals surface area contributed by atoms with Crippen LogP contribution in [0.1, 0.15) is 25.7 Å². The Labute approximate surface area is 97.0 Å². The Morgan fingerprint density at radius 2 is 2.31 bits per heavy atom. The predicted molar refractivity (Wildman–Crippen MR) is 65.3 cm³/mol. The molecule has 0 aromatic heterocycles. The van der Waals surface area contributed by atoms with Crippen molar-refractivity contribution in [2.75, 3.05) is 13.2 Å². The smallest absolute Gasteiger partial charge is 0.188 e. The molecule has 1 aliphatic carbocycles. The normalized spacial score (nSPS) is 31.1. The zero-order valence-corrected chi connectivity index (χ0v) is 9.69. The summed E-state index contributed by atoms with van der Waals surface area (Å²) < 4.78 is 5.51. The largest absolute Gasteiger partial charge is 0.374 e. The first-order valence-corrected chi connectivity index (χ1v) is 6.10. The Hall–Kier alpha value is -1.03. The van der Waals surface area contributed by atoms with E-state index < -0.39 is 0 Å². The SMILES string of the molecule is C=C[C@@H]1OCC[C@H]1CN=C(N)NC1CCC1. The van der Waals surface area contributed by atoms with Gasteiger partial charge in [-0.3, -0.25) is 4.99 Å². The van der Waals surface area contributed by atoms with Gasteiger partial charge in [0, 0.05) is 25.1 Å². The van der Waals surface area contributed by atoms with Gasteiger partial charge in [-0.05, 0) is 25.7 Å². The predicted octanol–water partition coefficient (Wildman–Crippen LogP) is 1.03. The van der Waals surface area contributed by atoms with Crippen LogP contribution in [-0.4, -0.2) is 31.3 Å². The topological polar surface area (TPSA) is 59.6 Å². The highest BCUT2D eigenvalue weighted by molar-refractivity contribution is 5.78. The van der Waals surface area contributed by atoms with Gasteiger partial charge in [-0.1, -0.05) is 6.08 Å². The summed E-state index contributed by atoms with van der Waals surface area (Å²) in [6.45, 7) is 5.32. The maximum Gasteiger partial charge on any atom is 0.188 e. The molecule has 1 aliphatic heterocycles. The van der Waals surface area contributed by atoms with E-state index in [1.165, 1.54) is 19.3 Å². The van der Waals surface area contributed by atoms with E-state index in [1.54, 1.807) is 0 Å². The molecular formula is C12H21N3O. The van der Waals surface area contributed by atoms with E-state index in [-0.39, 0.29) is 6.10 Å². The third kappa shape index (κ3) is 2.76. The zero-order chi connectivity index (χ0) is 11.4. The number of nitrogens with two attached hydrogens (primary N) is 1. The zero-order valence-electron chi connectivity index (χ0n) is 9.69. The van der Waals surface area contributed by atoms with Gasteiger partial charge in [0.15, 0.2) is 5.96 Å². The Balaban J connectivity index is 1.75. The molecule has 4 nitrogen and oxygen atoms in total. The highest BCUT2D eigenvalue weighted by atomic mass is 16.5. The lowest BCUT2D eigenvalue weighted by atomic mass is 9.93. The molecule has 0 amide bonds. The van der Waals surface area contributed by atoms with Gasteiger partial charge in [0.2, 0.25) is 0 Å². The van der Waals surface area contributed by atoms with E-state index in [4.69, 9.17) is 10.5 Å². The molecule has 2 aliphatic rings. The summed E-state index contributed by atoms with van der Waals surface area (Å²) >= 11 is 0. The van der Waals surface area contributed by atoms with E-state index in [0.717, 1.165) is 19.6 Å². The Morgan fingerprint density at radius 3 is 2.94 bits per heavy atom. The van der Waals surface area contributed by atoms with Crippen LogP contribution in [0.5, 0.6) is 0 Å². The minimum atomic E-state index is 0.153. The van der Waals surface area contributed by atoms with Crippen LogP contribution in [0.25, 0.3) is 0 Å². The van der Waals surface area contributed by atoms with Gasteiger partial charge in [0.05, 0.1) is 6.10 Å². The van der Waals surface area contributed by atoms with E-state index in [1.807, 2.05) is 6.08 Å². The molecule has 0 aromatic rings. The summed E-state index contributed by atoms with van der Waals surface area (Å²) in [5.74, 6) is 1.03. The van der Waals surface area contributed by atoms with Gasteiger partial charge >= 0.3 is 0 Å². The molecule has 3 N–H and O–H groups in total. The first-order valence-electron chi connectivity index (χ1n) is 6.10. The van der Waals surface area contributed by atoms with Crippen molar-refractivity contribution in [2.24, 2.45) is 16.6 Å². The molecule has 16 heavy (non-hydrogen) atoms. The lowest BCUT2D eigenvalue weighted by Crippen LogP contribution is -2.44. The number of ether oxygens (including phenoxy) is 1. The third-order valence-corrected chi connectivity index (χ3v) is 3.45. The monoisotopic (exact) mass is 223 g/mol. The molecule has 2 fully saturated rings. The van der Waals surface area contributed by atoms with Crippen LogP contribution in [0.4, 0.5) is 0 Å². The van der Waals surface area contributed by atoms with Crippen LogP contribution >= 0.6 is 0 Å².